The van der Waals surface area contributed by atoms with E-state index < -0.39 is 34.2 Å². The first-order valence-electron chi connectivity index (χ1n) is 16.1. The molecule has 0 bridgehead atoms. The summed E-state index contributed by atoms with van der Waals surface area (Å²) in [4.78, 5) is 2.42. The van der Waals surface area contributed by atoms with E-state index in [-0.39, 0.29) is 0 Å². The van der Waals surface area contributed by atoms with E-state index >= 15 is 0 Å². The summed E-state index contributed by atoms with van der Waals surface area (Å²) in [5.74, 6) is 0. The molecule has 0 radical (unpaired) electrons. The van der Waals surface area contributed by atoms with E-state index in [1.165, 1.54) is 0 Å². The average molecular weight is 705 g/mol. The molecule has 0 atom stereocenters. The van der Waals surface area contributed by atoms with Gasteiger partial charge in [0.2, 0.25) is 0 Å². The number of rotatable bonds is 29. The molecule has 0 heterocycles. The van der Waals surface area contributed by atoms with E-state index in [0.717, 1.165) is 95.7 Å². The number of nitrogens with zero attached hydrogens (tertiary/aromatic N) is 1. The molecule has 0 aromatic heterocycles. The second kappa shape index (κ2) is 27.4. The van der Waals surface area contributed by atoms with Crippen LogP contribution in [0, 0.1) is 0 Å². The molecular formula is C28H72N4O8Si4. The van der Waals surface area contributed by atoms with Crippen molar-refractivity contribution in [1.82, 2.24) is 15.5 Å². The van der Waals surface area contributed by atoms with Crippen LogP contribution in [0.1, 0.15) is 25.7 Å². The third-order valence-electron chi connectivity index (χ3n) is 8.56. The Morgan fingerprint density at radius 3 is 0.955 bits per heavy atom. The van der Waals surface area contributed by atoms with E-state index in [1.807, 2.05) is 0 Å². The number of nitrogens with one attached hydrogen (secondary N) is 2. The first-order chi connectivity index (χ1) is 20.8. The van der Waals surface area contributed by atoms with Crippen LogP contribution < -0.4 is 16.4 Å². The zero-order valence-corrected chi connectivity index (χ0v) is 34.6. The van der Waals surface area contributed by atoms with Crippen molar-refractivity contribution in [3.05, 3.63) is 0 Å². The standard InChI is InChI=1S/2C14H36N2O4Si2/c1-17-21(5,18-2)13-7-10-16(12-9-15)11-8-14-22(6,19-3)20-4;1-17-21(5,18-2)13-7-9-15-11-12-16-10-8-14-22(6,19-3)20-4/h7-15H2,1-6H3;15-16H,7-14H2,1-6H3. The van der Waals surface area contributed by atoms with E-state index in [0.29, 0.717) is 6.54 Å². The van der Waals surface area contributed by atoms with Crippen LogP contribution in [0.25, 0.3) is 0 Å². The molecule has 0 aliphatic carbocycles. The smallest absolute Gasteiger partial charge is 0.334 e. The quantitative estimate of drug-likeness (QED) is 0.0780. The van der Waals surface area contributed by atoms with Crippen molar-refractivity contribution in [3.63, 3.8) is 0 Å². The summed E-state index contributed by atoms with van der Waals surface area (Å²) in [5, 5.41) is 6.89. The molecule has 12 nitrogen and oxygen atoms in total. The molecule has 0 aromatic rings. The van der Waals surface area contributed by atoms with Gasteiger partial charge < -0.3 is 56.7 Å². The first-order valence-corrected chi connectivity index (χ1v) is 26.2. The molecule has 0 saturated carbocycles. The molecule has 0 aliphatic rings. The Balaban J connectivity index is 0. The predicted molar refractivity (Wildman–Crippen MR) is 191 cm³/mol. The van der Waals surface area contributed by atoms with Crippen LogP contribution in [-0.4, -0.2) is 148 Å². The SMILES string of the molecule is CO[Si](C)(CCCN(CCN)CCC[Si](C)(OC)OC)OC.CO[Si](C)(CCCNCCNCCC[Si](C)(OC)OC)OC. The minimum Gasteiger partial charge on any atom is -0.398 e. The fourth-order valence-corrected chi connectivity index (χ4v) is 9.95. The maximum atomic E-state index is 5.73. The molecule has 0 rings (SSSR count). The summed E-state index contributed by atoms with van der Waals surface area (Å²) < 4.78 is 44.0. The largest absolute Gasteiger partial charge is 0.398 e. The minimum absolute atomic E-state index is 0.687. The highest BCUT2D eigenvalue weighted by molar-refractivity contribution is 6.67. The van der Waals surface area contributed by atoms with Crippen LogP contribution in [0.3, 0.4) is 0 Å². The van der Waals surface area contributed by atoms with Crippen molar-refractivity contribution in [2.24, 2.45) is 5.73 Å². The van der Waals surface area contributed by atoms with Gasteiger partial charge in [0.15, 0.2) is 0 Å². The van der Waals surface area contributed by atoms with Gasteiger partial charge in [0.1, 0.15) is 0 Å². The van der Waals surface area contributed by atoms with Gasteiger partial charge in [-0.2, -0.15) is 0 Å². The Kier molecular flexibility index (Phi) is 28.9. The van der Waals surface area contributed by atoms with Crippen molar-refractivity contribution in [2.75, 3.05) is 109 Å². The normalized spacial score (nSPS) is 13.0. The van der Waals surface area contributed by atoms with Crippen molar-refractivity contribution in [1.29, 1.82) is 0 Å². The van der Waals surface area contributed by atoms with Crippen LogP contribution >= 0.6 is 0 Å². The highest BCUT2D eigenvalue weighted by atomic mass is 28.4. The van der Waals surface area contributed by atoms with Crippen molar-refractivity contribution >= 4 is 34.2 Å². The summed E-state index contributed by atoms with van der Waals surface area (Å²) in [6, 6.07) is 4.06. The molecular weight excluding hydrogens is 633 g/mol. The lowest BCUT2D eigenvalue weighted by Crippen LogP contribution is -2.39. The van der Waals surface area contributed by atoms with Crippen molar-refractivity contribution in [3.8, 4) is 0 Å². The van der Waals surface area contributed by atoms with Crippen LogP contribution in [0.2, 0.25) is 50.4 Å². The zero-order valence-electron chi connectivity index (χ0n) is 30.6. The molecule has 0 saturated heterocycles. The zero-order chi connectivity index (χ0) is 34.0. The van der Waals surface area contributed by atoms with E-state index in [2.05, 4.69) is 41.7 Å². The Hall–Kier alpha value is 0.388. The number of hydrogen-bond acceptors (Lipinski definition) is 12. The summed E-state index contributed by atoms with van der Waals surface area (Å²) in [6.45, 7) is 16.1. The summed E-state index contributed by atoms with van der Waals surface area (Å²) in [5.41, 5.74) is 5.73. The lowest BCUT2D eigenvalue weighted by Gasteiger charge is -2.27. The lowest BCUT2D eigenvalue weighted by molar-refractivity contribution is 0.233. The van der Waals surface area contributed by atoms with E-state index in [9.17, 15) is 0 Å². The van der Waals surface area contributed by atoms with Gasteiger partial charge in [0.05, 0.1) is 0 Å². The maximum Gasteiger partial charge on any atom is 0.334 e. The van der Waals surface area contributed by atoms with Gasteiger partial charge in [-0.1, -0.05) is 0 Å². The average Bonchev–Trinajstić information content (AvgIpc) is 3.05. The van der Waals surface area contributed by atoms with Gasteiger partial charge in [0, 0.05) is 83.1 Å². The van der Waals surface area contributed by atoms with Gasteiger partial charge in [0.25, 0.3) is 0 Å². The Labute approximate surface area is 275 Å². The lowest BCUT2D eigenvalue weighted by atomic mass is 10.3. The molecule has 0 amide bonds. The van der Waals surface area contributed by atoms with Crippen molar-refractivity contribution in [2.45, 2.75) is 76.0 Å². The Morgan fingerprint density at radius 1 is 0.432 bits per heavy atom. The number of hydrogen-bond donors (Lipinski definition) is 3. The first kappa shape index (κ1) is 46.5. The molecule has 0 unspecified atom stereocenters. The van der Waals surface area contributed by atoms with E-state index in [4.69, 9.17) is 41.1 Å². The molecule has 4 N–H and O–H groups in total. The number of nitrogens with two attached hydrogens (primary N) is 1. The molecule has 0 spiro atoms. The maximum absolute atomic E-state index is 5.73. The van der Waals surface area contributed by atoms with Gasteiger partial charge in [-0.05, 0) is 102 Å². The predicted octanol–water partition coefficient (Wildman–Crippen LogP) is 3.43. The summed E-state index contributed by atoms with van der Waals surface area (Å²) in [7, 11) is 6.28. The summed E-state index contributed by atoms with van der Waals surface area (Å²) in [6.07, 6.45) is 4.34. The minimum atomic E-state index is -1.95. The van der Waals surface area contributed by atoms with Crippen LogP contribution in [0.4, 0.5) is 0 Å². The molecule has 16 heteroatoms. The van der Waals surface area contributed by atoms with Gasteiger partial charge >= 0.3 is 34.2 Å². The molecule has 0 aromatic carbocycles. The topological polar surface area (TPSA) is 127 Å². The van der Waals surface area contributed by atoms with Crippen molar-refractivity contribution < 1.29 is 35.4 Å². The summed E-state index contributed by atoms with van der Waals surface area (Å²) >= 11 is 0. The molecule has 268 valence electrons. The Bertz CT molecular complexity index is 599. The Morgan fingerprint density at radius 2 is 0.705 bits per heavy atom. The third kappa shape index (κ3) is 22.8. The van der Waals surface area contributed by atoms with Gasteiger partial charge in [-0.15, -0.1) is 0 Å². The second-order valence-corrected chi connectivity index (χ2v) is 26.0. The third-order valence-corrected chi connectivity index (χ3v) is 20.5. The second-order valence-electron chi connectivity index (χ2n) is 11.7. The van der Waals surface area contributed by atoms with Crippen LogP contribution in [0.15, 0.2) is 0 Å². The van der Waals surface area contributed by atoms with Crippen LogP contribution in [0.5, 0.6) is 0 Å². The molecule has 0 aliphatic heterocycles. The fourth-order valence-electron chi connectivity index (χ4n) is 4.41. The van der Waals surface area contributed by atoms with Crippen LogP contribution in [-0.2, 0) is 35.4 Å². The van der Waals surface area contributed by atoms with E-state index in [1.54, 1.807) is 56.9 Å². The fraction of sp³-hybridized carbons (Fsp3) is 1.00. The van der Waals surface area contributed by atoms with Gasteiger partial charge in [-0.3, -0.25) is 0 Å². The molecule has 44 heavy (non-hydrogen) atoms. The van der Waals surface area contributed by atoms with Gasteiger partial charge in [-0.25, -0.2) is 0 Å². The highest BCUT2D eigenvalue weighted by Crippen LogP contribution is 2.17. The highest BCUT2D eigenvalue weighted by Gasteiger charge is 2.30. The monoisotopic (exact) mass is 704 g/mol. The molecule has 0 fully saturated rings.